The zero-order chi connectivity index (χ0) is 16.8. The Morgan fingerprint density at radius 2 is 2.21 bits per heavy atom. The Bertz CT molecular complexity index is 914. The molecule has 0 amide bonds. The number of hydrogen-bond acceptors (Lipinski definition) is 7. The largest absolute Gasteiger partial charge is 0.338 e. The Morgan fingerprint density at radius 3 is 2.79 bits per heavy atom. The summed E-state index contributed by atoms with van der Waals surface area (Å²) in [4.78, 5) is 19.1. The number of aromatic nitrogens is 5. The Balaban J connectivity index is 1.57. The Morgan fingerprint density at radius 1 is 1.38 bits per heavy atom. The molecule has 0 spiro atoms. The number of nitrogens with zero attached hydrogens (tertiary/aromatic N) is 6. The molecule has 9 nitrogen and oxygen atoms in total. The van der Waals surface area contributed by atoms with Gasteiger partial charge in [0.15, 0.2) is 5.82 Å². The molecule has 0 N–H and O–H groups in total. The first-order valence-electron chi connectivity index (χ1n) is 7.50. The number of nitro groups is 1. The van der Waals surface area contributed by atoms with Crippen molar-refractivity contribution in [3.8, 4) is 17.2 Å². The first kappa shape index (κ1) is 14.5. The van der Waals surface area contributed by atoms with Crippen molar-refractivity contribution in [1.29, 1.82) is 0 Å². The Labute approximate surface area is 136 Å². The van der Waals surface area contributed by atoms with Crippen LogP contribution in [-0.2, 0) is 0 Å². The van der Waals surface area contributed by atoms with Gasteiger partial charge in [-0.05, 0) is 32.0 Å². The molecule has 0 radical (unpaired) electrons. The molecule has 1 aliphatic carbocycles. The van der Waals surface area contributed by atoms with Crippen molar-refractivity contribution in [2.24, 2.45) is 0 Å². The molecule has 3 aromatic heterocycles. The lowest BCUT2D eigenvalue weighted by Crippen LogP contribution is -2.03. The van der Waals surface area contributed by atoms with E-state index in [-0.39, 0.29) is 10.8 Å². The van der Waals surface area contributed by atoms with E-state index in [9.17, 15) is 10.1 Å². The van der Waals surface area contributed by atoms with Crippen LogP contribution in [0.4, 0.5) is 0 Å². The van der Waals surface area contributed by atoms with E-state index in [0.717, 1.165) is 11.4 Å². The summed E-state index contributed by atoms with van der Waals surface area (Å²) in [7, 11) is 0. The number of rotatable bonds is 4. The monoisotopic (exact) mass is 326 g/mol. The van der Waals surface area contributed by atoms with Gasteiger partial charge < -0.3 is 4.52 Å². The fourth-order valence-corrected chi connectivity index (χ4v) is 2.69. The Kier molecular flexibility index (Phi) is 3.15. The SMILES string of the molecule is Cc1cc(C)n(-c2ccc(-c3noc([C@@H]4C[C@H]4[N+](=O)[O-])n3)cn2)n1. The molecule has 0 aromatic carbocycles. The second-order valence-corrected chi connectivity index (χ2v) is 5.90. The number of hydrogen-bond donors (Lipinski definition) is 0. The fraction of sp³-hybridized carbons (Fsp3) is 0.333. The highest BCUT2D eigenvalue weighted by Crippen LogP contribution is 2.42. The summed E-state index contributed by atoms with van der Waals surface area (Å²) >= 11 is 0. The average molecular weight is 326 g/mol. The van der Waals surface area contributed by atoms with Crippen LogP contribution in [0, 0.1) is 24.0 Å². The van der Waals surface area contributed by atoms with Crippen LogP contribution in [0.25, 0.3) is 17.2 Å². The fourth-order valence-electron chi connectivity index (χ4n) is 2.69. The van der Waals surface area contributed by atoms with Crippen molar-refractivity contribution in [3.63, 3.8) is 0 Å². The normalized spacial score (nSPS) is 19.4. The summed E-state index contributed by atoms with van der Waals surface area (Å²) in [5.74, 6) is 1.12. The van der Waals surface area contributed by atoms with Gasteiger partial charge in [0, 0.05) is 28.8 Å². The number of aryl methyl sites for hydroxylation is 2. The van der Waals surface area contributed by atoms with E-state index < -0.39 is 6.04 Å². The quantitative estimate of drug-likeness (QED) is 0.532. The van der Waals surface area contributed by atoms with E-state index in [4.69, 9.17) is 4.52 Å². The van der Waals surface area contributed by atoms with Crippen LogP contribution < -0.4 is 0 Å². The second kappa shape index (κ2) is 5.22. The van der Waals surface area contributed by atoms with Crippen LogP contribution in [0.1, 0.15) is 29.6 Å². The molecular weight excluding hydrogens is 312 g/mol. The standard InChI is InChI=1S/C15H14N6O3/c1-8-5-9(2)20(18-8)13-4-3-10(7-16-13)14-17-15(24-19-14)11-6-12(11)21(22)23/h3-5,7,11-12H,6H2,1-2H3/t11-,12-/m1/s1. The van der Waals surface area contributed by atoms with Gasteiger partial charge in [-0.1, -0.05) is 5.16 Å². The molecule has 3 heterocycles. The van der Waals surface area contributed by atoms with E-state index in [1.54, 1.807) is 10.9 Å². The minimum atomic E-state index is -0.607. The molecule has 0 bridgehead atoms. The van der Waals surface area contributed by atoms with E-state index >= 15 is 0 Å². The summed E-state index contributed by atoms with van der Waals surface area (Å²) in [5.41, 5.74) is 2.61. The predicted octanol–water partition coefficient (Wildman–Crippen LogP) is 2.07. The molecule has 1 saturated carbocycles. The smallest absolute Gasteiger partial charge is 0.237 e. The van der Waals surface area contributed by atoms with Crippen LogP contribution >= 0.6 is 0 Å². The van der Waals surface area contributed by atoms with Gasteiger partial charge in [-0.2, -0.15) is 10.1 Å². The second-order valence-electron chi connectivity index (χ2n) is 5.90. The van der Waals surface area contributed by atoms with Gasteiger partial charge in [-0.3, -0.25) is 10.1 Å². The first-order valence-corrected chi connectivity index (χ1v) is 7.50. The highest BCUT2D eigenvalue weighted by atomic mass is 16.6. The highest BCUT2D eigenvalue weighted by Gasteiger charge is 2.53. The van der Waals surface area contributed by atoms with Gasteiger partial charge in [0.2, 0.25) is 17.8 Å². The lowest BCUT2D eigenvalue weighted by atomic mass is 10.2. The summed E-state index contributed by atoms with van der Waals surface area (Å²) in [6, 6.07) is 5.01. The van der Waals surface area contributed by atoms with Crippen LogP contribution in [0.5, 0.6) is 0 Å². The molecule has 0 saturated heterocycles. The molecule has 9 heteroatoms. The van der Waals surface area contributed by atoms with Crippen molar-refractivity contribution in [2.75, 3.05) is 0 Å². The summed E-state index contributed by atoms with van der Waals surface area (Å²) < 4.78 is 6.91. The maximum Gasteiger partial charge on any atom is 0.237 e. The zero-order valence-electron chi connectivity index (χ0n) is 13.1. The van der Waals surface area contributed by atoms with E-state index in [1.165, 1.54) is 0 Å². The molecule has 1 aliphatic rings. The van der Waals surface area contributed by atoms with Crippen LogP contribution in [0.15, 0.2) is 28.9 Å². The van der Waals surface area contributed by atoms with E-state index in [0.29, 0.717) is 29.5 Å². The molecule has 4 rings (SSSR count). The van der Waals surface area contributed by atoms with E-state index in [1.807, 2.05) is 32.0 Å². The van der Waals surface area contributed by atoms with Crippen molar-refractivity contribution >= 4 is 0 Å². The van der Waals surface area contributed by atoms with Gasteiger partial charge in [-0.25, -0.2) is 9.67 Å². The molecule has 0 aliphatic heterocycles. The van der Waals surface area contributed by atoms with Crippen molar-refractivity contribution < 1.29 is 9.45 Å². The highest BCUT2D eigenvalue weighted by molar-refractivity contribution is 5.54. The third-order valence-electron chi connectivity index (χ3n) is 4.02. The zero-order valence-corrected chi connectivity index (χ0v) is 13.1. The van der Waals surface area contributed by atoms with Crippen LogP contribution in [0.3, 0.4) is 0 Å². The van der Waals surface area contributed by atoms with Gasteiger partial charge in [0.25, 0.3) is 0 Å². The summed E-state index contributed by atoms with van der Waals surface area (Å²) in [5, 5.41) is 19.0. The minimum absolute atomic E-state index is 0.275. The topological polar surface area (TPSA) is 113 Å². The average Bonchev–Trinajstić information content (AvgIpc) is 3.09. The van der Waals surface area contributed by atoms with Gasteiger partial charge >= 0.3 is 0 Å². The molecule has 0 unspecified atom stereocenters. The van der Waals surface area contributed by atoms with Gasteiger partial charge in [0.1, 0.15) is 5.92 Å². The summed E-state index contributed by atoms with van der Waals surface area (Å²) in [6.45, 7) is 3.89. The van der Waals surface area contributed by atoms with Gasteiger partial charge in [-0.15, -0.1) is 0 Å². The van der Waals surface area contributed by atoms with Crippen molar-refractivity contribution in [1.82, 2.24) is 24.9 Å². The third kappa shape index (κ3) is 2.43. The molecular formula is C15H14N6O3. The molecule has 24 heavy (non-hydrogen) atoms. The molecule has 3 aromatic rings. The van der Waals surface area contributed by atoms with Crippen LogP contribution in [-0.4, -0.2) is 35.9 Å². The Hall–Kier alpha value is -3.10. The lowest BCUT2D eigenvalue weighted by Gasteiger charge is -2.03. The molecule has 1 fully saturated rings. The lowest BCUT2D eigenvalue weighted by molar-refractivity contribution is -0.496. The third-order valence-corrected chi connectivity index (χ3v) is 4.02. The minimum Gasteiger partial charge on any atom is -0.338 e. The van der Waals surface area contributed by atoms with Crippen molar-refractivity contribution in [3.05, 3.63) is 51.8 Å². The maximum absolute atomic E-state index is 10.7. The van der Waals surface area contributed by atoms with Gasteiger partial charge in [0.05, 0.1) is 5.69 Å². The predicted molar refractivity (Wildman–Crippen MR) is 82.3 cm³/mol. The molecule has 122 valence electrons. The van der Waals surface area contributed by atoms with Crippen molar-refractivity contribution in [2.45, 2.75) is 32.2 Å². The number of pyridine rings is 1. The first-order chi connectivity index (χ1) is 11.5. The summed E-state index contributed by atoms with van der Waals surface area (Å²) in [6.07, 6.45) is 2.09. The van der Waals surface area contributed by atoms with E-state index in [2.05, 4.69) is 20.2 Å². The molecule has 2 atom stereocenters. The maximum atomic E-state index is 10.7. The van der Waals surface area contributed by atoms with Crippen LogP contribution in [0.2, 0.25) is 0 Å².